The van der Waals surface area contributed by atoms with Crippen LogP contribution in [-0.2, 0) is 4.79 Å². The summed E-state index contributed by atoms with van der Waals surface area (Å²) >= 11 is 0. The number of nitrogens with zero attached hydrogens (tertiary/aromatic N) is 3. The van der Waals surface area contributed by atoms with Crippen LogP contribution in [-0.4, -0.2) is 27.6 Å². The zero-order valence-electron chi connectivity index (χ0n) is 14.9. The summed E-state index contributed by atoms with van der Waals surface area (Å²) < 4.78 is 23.8. The van der Waals surface area contributed by atoms with Gasteiger partial charge >= 0.3 is 0 Å². The lowest BCUT2D eigenvalue weighted by Gasteiger charge is -2.18. The van der Waals surface area contributed by atoms with E-state index in [1.54, 1.807) is 30.6 Å². The Labute approximate surface area is 155 Å². The number of halogens is 1. The van der Waals surface area contributed by atoms with Gasteiger partial charge in [0.2, 0.25) is 11.7 Å². The van der Waals surface area contributed by atoms with Crippen LogP contribution >= 0.6 is 0 Å². The topological polar surface area (TPSA) is 90.1 Å². The molecule has 0 aliphatic heterocycles. The summed E-state index contributed by atoms with van der Waals surface area (Å²) in [5.74, 6) is 0.209. The lowest BCUT2D eigenvalue weighted by atomic mass is 10.0. The number of ether oxygens (including phenoxy) is 1. The molecule has 1 N–H and O–H groups in total. The first-order valence-electron chi connectivity index (χ1n) is 8.44. The number of nitrogens with one attached hydrogen (secondary N) is 1. The van der Waals surface area contributed by atoms with Crippen molar-refractivity contribution in [2.24, 2.45) is 5.92 Å². The summed E-state index contributed by atoms with van der Waals surface area (Å²) in [6, 6.07) is 8.67. The van der Waals surface area contributed by atoms with Gasteiger partial charge in [-0.2, -0.15) is 4.98 Å². The average Bonchev–Trinajstić information content (AvgIpc) is 3.15. The smallest absolute Gasteiger partial charge is 0.258 e. The minimum atomic E-state index is -0.475. The molecule has 0 saturated carbocycles. The van der Waals surface area contributed by atoms with Crippen LogP contribution in [0.25, 0.3) is 11.4 Å². The van der Waals surface area contributed by atoms with Crippen molar-refractivity contribution < 1.29 is 18.4 Å². The van der Waals surface area contributed by atoms with Gasteiger partial charge in [0.1, 0.15) is 17.6 Å². The van der Waals surface area contributed by atoms with Gasteiger partial charge < -0.3 is 14.6 Å². The van der Waals surface area contributed by atoms with Gasteiger partial charge in [-0.25, -0.2) is 4.39 Å². The van der Waals surface area contributed by atoms with E-state index in [-0.39, 0.29) is 24.2 Å². The molecule has 3 aromatic rings. The highest BCUT2D eigenvalue weighted by Crippen LogP contribution is 2.23. The van der Waals surface area contributed by atoms with E-state index >= 15 is 0 Å². The maximum atomic E-state index is 13.2. The van der Waals surface area contributed by atoms with Crippen LogP contribution < -0.4 is 10.1 Å². The van der Waals surface area contributed by atoms with Gasteiger partial charge in [-0.3, -0.25) is 9.78 Å². The molecule has 0 aliphatic rings. The van der Waals surface area contributed by atoms with Crippen molar-refractivity contribution in [3.05, 3.63) is 60.5 Å². The first-order valence-corrected chi connectivity index (χ1v) is 8.44. The summed E-state index contributed by atoms with van der Waals surface area (Å²) in [7, 11) is 0. The standard InChI is InChI=1S/C19H19FN4O3/c1-12(2)17(19-23-18(24-27-19)13-6-8-21-9-7-13)22-16(25)11-26-15-5-3-4-14(20)10-15/h3-10,12,17H,11H2,1-2H3,(H,22,25). The van der Waals surface area contributed by atoms with Crippen molar-refractivity contribution in [2.45, 2.75) is 19.9 Å². The summed E-state index contributed by atoms with van der Waals surface area (Å²) in [6.07, 6.45) is 3.27. The second kappa shape index (κ2) is 8.39. The molecule has 8 heteroatoms. The number of benzene rings is 1. The summed E-state index contributed by atoms with van der Waals surface area (Å²) in [5.41, 5.74) is 0.767. The zero-order chi connectivity index (χ0) is 19.2. The minimum absolute atomic E-state index is 0.00820. The Morgan fingerprint density at radius 1 is 1.26 bits per heavy atom. The molecule has 0 spiro atoms. The SMILES string of the molecule is CC(C)C(NC(=O)COc1cccc(F)c1)c1nc(-c2ccncc2)no1. The molecule has 1 unspecified atom stereocenters. The monoisotopic (exact) mass is 370 g/mol. The molecular formula is C19H19FN4O3. The van der Waals surface area contributed by atoms with E-state index in [1.807, 2.05) is 13.8 Å². The maximum Gasteiger partial charge on any atom is 0.258 e. The molecule has 0 saturated heterocycles. The summed E-state index contributed by atoms with van der Waals surface area (Å²) in [4.78, 5) is 20.6. The molecular weight excluding hydrogens is 351 g/mol. The van der Waals surface area contributed by atoms with Crippen LogP contribution in [0.5, 0.6) is 5.75 Å². The Morgan fingerprint density at radius 3 is 2.74 bits per heavy atom. The fourth-order valence-electron chi connectivity index (χ4n) is 2.41. The van der Waals surface area contributed by atoms with Crippen molar-refractivity contribution in [3.63, 3.8) is 0 Å². The van der Waals surface area contributed by atoms with Crippen LogP contribution in [0.3, 0.4) is 0 Å². The normalized spacial score (nSPS) is 12.0. The van der Waals surface area contributed by atoms with E-state index in [0.717, 1.165) is 5.56 Å². The third-order valence-electron chi connectivity index (χ3n) is 3.80. The Hall–Kier alpha value is -3.29. The molecule has 27 heavy (non-hydrogen) atoms. The predicted octanol–water partition coefficient (Wildman–Crippen LogP) is 3.16. The number of hydrogen-bond donors (Lipinski definition) is 1. The molecule has 7 nitrogen and oxygen atoms in total. The van der Waals surface area contributed by atoms with Crippen molar-refractivity contribution in [1.29, 1.82) is 0 Å². The maximum absolute atomic E-state index is 13.2. The van der Waals surface area contributed by atoms with Crippen molar-refractivity contribution in [2.75, 3.05) is 6.61 Å². The first kappa shape index (κ1) is 18.5. The fraction of sp³-hybridized carbons (Fsp3) is 0.263. The van der Waals surface area contributed by atoms with E-state index in [0.29, 0.717) is 11.7 Å². The Balaban J connectivity index is 1.65. The molecule has 1 atom stereocenters. The van der Waals surface area contributed by atoms with Gasteiger partial charge in [-0.15, -0.1) is 0 Å². The van der Waals surface area contributed by atoms with Crippen LogP contribution in [0.4, 0.5) is 4.39 Å². The van der Waals surface area contributed by atoms with Gasteiger partial charge in [0.15, 0.2) is 6.61 Å². The van der Waals surface area contributed by atoms with E-state index in [1.165, 1.54) is 18.2 Å². The average molecular weight is 370 g/mol. The second-order valence-electron chi connectivity index (χ2n) is 6.23. The number of rotatable bonds is 7. The Morgan fingerprint density at radius 2 is 2.04 bits per heavy atom. The third kappa shape index (κ3) is 4.87. The highest BCUT2D eigenvalue weighted by Gasteiger charge is 2.25. The summed E-state index contributed by atoms with van der Waals surface area (Å²) in [6.45, 7) is 3.60. The molecule has 2 aromatic heterocycles. The molecule has 3 rings (SSSR count). The molecule has 0 fully saturated rings. The molecule has 0 aliphatic carbocycles. The second-order valence-corrected chi connectivity index (χ2v) is 6.23. The van der Waals surface area contributed by atoms with E-state index in [2.05, 4.69) is 20.4 Å². The third-order valence-corrected chi connectivity index (χ3v) is 3.80. The van der Waals surface area contributed by atoms with Crippen molar-refractivity contribution >= 4 is 5.91 Å². The van der Waals surface area contributed by atoms with Crippen LogP contribution in [0.15, 0.2) is 53.3 Å². The summed E-state index contributed by atoms with van der Waals surface area (Å²) in [5, 5.41) is 6.78. The van der Waals surface area contributed by atoms with Gasteiger partial charge in [0, 0.05) is 24.0 Å². The number of carbonyl (C=O) groups excluding carboxylic acids is 1. The van der Waals surface area contributed by atoms with E-state index < -0.39 is 11.9 Å². The minimum Gasteiger partial charge on any atom is -0.484 e. The number of carbonyl (C=O) groups is 1. The predicted molar refractivity (Wildman–Crippen MR) is 95.1 cm³/mol. The Kier molecular flexibility index (Phi) is 5.75. The molecule has 1 aromatic carbocycles. The number of amides is 1. The van der Waals surface area contributed by atoms with E-state index in [9.17, 15) is 9.18 Å². The molecule has 1 amide bonds. The van der Waals surface area contributed by atoms with Crippen molar-refractivity contribution in [1.82, 2.24) is 20.4 Å². The largest absolute Gasteiger partial charge is 0.484 e. The quantitative estimate of drug-likeness (QED) is 0.687. The molecule has 0 bridgehead atoms. The zero-order valence-corrected chi connectivity index (χ0v) is 14.9. The van der Waals surface area contributed by atoms with Crippen LogP contribution in [0.1, 0.15) is 25.8 Å². The first-order chi connectivity index (χ1) is 13.0. The van der Waals surface area contributed by atoms with Gasteiger partial charge in [0.25, 0.3) is 5.91 Å². The lowest BCUT2D eigenvalue weighted by Crippen LogP contribution is -2.35. The fourth-order valence-corrected chi connectivity index (χ4v) is 2.41. The van der Waals surface area contributed by atoms with Gasteiger partial charge in [0.05, 0.1) is 0 Å². The Bertz CT molecular complexity index is 899. The molecule has 2 heterocycles. The number of pyridine rings is 1. The van der Waals surface area contributed by atoms with E-state index in [4.69, 9.17) is 9.26 Å². The number of hydrogen-bond acceptors (Lipinski definition) is 6. The van der Waals surface area contributed by atoms with Crippen LogP contribution in [0.2, 0.25) is 0 Å². The molecule has 140 valence electrons. The van der Waals surface area contributed by atoms with Gasteiger partial charge in [-0.05, 0) is 30.2 Å². The van der Waals surface area contributed by atoms with Gasteiger partial charge in [-0.1, -0.05) is 25.1 Å². The van der Waals surface area contributed by atoms with Crippen LogP contribution in [0, 0.1) is 11.7 Å². The molecule has 0 radical (unpaired) electrons. The highest BCUT2D eigenvalue weighted by atomic mass is 19.1. The lowest BCUT2D eigenvalue weighted by molar-refractivity contribution is -0.124. The van der Waals surface area contributed by atoms with Crippen molar-refractivity contribution in [3.8, 4) is 17.1 Å². The number of aromatic nitrogens is 3. The highest BCUT2D eigenvalue weighted by molar-refractivity contribution is 5.78.